The van der Waals surface area contributed by atoms with Gasteiger partial charge in [0.1, 0.15) is 5.70 Å². The van der Waals surface area contributed by atoms with Crippen LogP contribution in [0.5, 0.6) is 0 Å². The fraction of sp³-hybridized carbons (Fsp3) is 0.200. The molecule has 2 aliphatic carbocycles. The van der Waals surface area contributed by atoms with Crippen LogP contribution < -0.4 is 5.32 Å². The highest BCUT2D eigenvalue weighted by Gasteiger charge is 2.35. The van der Waals surface area contributed by atoms with E-state index in [1.54, 1.807) is 18.2 Å². The molecule has 0 unspecified atom stereocenters. The Morgan fingerprint density at radius 3 is 2.17 bits per heavy atom. The number of nitrogens with one attached hydrogen (secondary N) is 1. The molecule has 0 saturated heterocycles. The zero-order valence-electron chi connectivity index (χ0n) is 13.1. The number of hydrogen-bond donors (Lipinski definition) is 1. The first-order valence-electron chi connectivity index (χ1n) is 8.10. The fourth-order valence-electron chi connectivity index (χ4n) is 2.78. The van der Waals surface area contributed by atoms with Crippen LogP contribution in [0.25, 0.3) is 0 Å². The molecule has 2 aromatic carbocycles. The van der Waals surface area contributed by atoms with Crippen LogP contribution in [0.15, 0.2) is 65.2 Å². The SMILES string of the molecule is O=C1C(NC2CC2)=C(SCc2ccccc2)C(=O)c2ccccc21. The molecule has 0 aromatic heterocycles. The van der Waals surface area contributed by atoms with Crippen molar-refractivity contribution in [2.45, 2.75) is 24.6 Å². The van der Waals surface area contributed by atoms with Gasteiger partial charge in [0, 0.05) is 22.9 Å². The Balaban J connectivity index is 1.68. The van der Waals surface area contributed by atoms with Gasteiger partial charge in [0.15, 0.2) is 0 Å². The van der Waals surface area contributed by atoms with Crippen molar-refractivity contribution in [2.24, 2.45) is 0 Å². The first-order chi connectivity index (χ1) is 11.7. The van der Waals surface area contributed by atoms with Crippen LogP contribution in [0.3, 0.4) is 0 Å². The van der Waals surface area contributed by atoms with Gasteiger partial charge in [-0.25, -0.2) is 0 Å². The Kier molecular flexibility index (Phi) is 3.98. The maximum Gasteiger partial charge on any atom is 0.210 e. The highest BCUT2D eigenvalue weighted by Crippen LogP contribution is 2.35. The lowest BCUT2D eigenvalue weighted by molar-refractivity contribution is 0.0975. The Bertz CT molecular complexity index is 838. The number of fused-ring (bicyclic) bond motifs is 1. The fourth-order valence-corrected chi connectivity index (χ4v) is 3.82. The van der Waals surface area contributed by atoms with Crippen molar-refractivity contribution < 1.29 is 9.59 Å². The molecule has 0 amide bonds. The number of carbonyl (C=O) groups excluding carboxylic acids is 2. The summed E-state index contributed by atoms with van der Waals surface area (Å²) in [5, 5.41) is 3.29. The van der Waals surface area contributed by atoms with E-state index < -0.39 is 0 Å². The number of carbonyl (C=O) groups is 2. The molecule has 4 heteroatoms. The molecule has 2 aromatic rings. The molecule has 0 spiro atoms. The second-order valence-corrected chi connectivity index (χ2v) is 7.09. The van der Waals surface area contributed by atoms with Crippen LogP contribution >= 0.6 is 11.8 Å². The molecule has 24 heavy (non-hydrogen) atoms. The van der Waals surface area contributed by atoms with Gasteiger partial charge in [-0.2, -0.15) is 0 Å². The van der Waals surface area contributed by atoms with Crippen molar-refractivity contribution in [1.29, 1.82) is 0 Å². The summed E-state index contributed by atoms with van der Waals surface area (Å²) in [5.74, 6) is 0.565. The smallest absolute Gasteiger partial charge is 0.210 e. The van der Waals surface area contributed by atoms with Crippen LogP contribution in [0.2, 0.25) is 0 Å². The molecule has 3 nitrogen and oxygen atoms in total. The largest absolute Gasteiger partial charge is 0.378 e. The molecular formula is C20H17NO2S. The summed E-state index contributed by atoms with van der Waals surface area (Å²) < 4.78 is 0. The maximum atomic E-state index is 12.9. The summed E-state index contributed by atoms with van der Waals surface area (Å²) in [6.07, 6.45) is 2.12. The second kappa shape index (κ2) is 6.29. The van der Waals surface area contributed by atoms with E-state index in [1.165, 1.54) is 11.8 Å². The quantitative estimate of drug-likeness (QED) is 0.898. The Labute approximate surface area is 145 Å². The monoisotopic (exact) mass is 335 g/mol. The third-order valence-electron chi connectivity index (χ3n) is 4.23. The highest BCUT2D eigenvalue weighted by molar-refractivity contribution is 8.03. The maximum absolute atomic E-state index is 12.9. The lowest BCUT2D eigenvalue weighted by atomic mass is 9.92. The van der Waals surface area contributed by atoms with E-state index in [-0.39, 0.29) is 11.6 Å². The predicted molar refractivity (Wildman–Crippen MR) is 96.0 cm³/mol. The van der Waals surface area contributed by atoms with E-state index >= 15 is 0 Å². The van der Waals surface area contributed by atoms with E-state index in [4.69, 9.17) is 0 Å². The number of rotatable bonds is 5. The number of benzene rings is 2. The summed E-state index contributed by atoms with van der Waals surface area (Å²) in [6.45, 7) is 0. The average molecular weight is 335 g/mol. The van der Waals surface area contributed by atoms with Crippen LogP contribution in [0.4, 0.5) is 0 Å². The molecule has 2 aliphatic rings. The zero-order valence-corrected chi connectivity index (χ0v) is 13.9. The van der Waals surface area contributed by atoms with Gasteiger partial charge in [0.25, 0.3) is 0 Å². The minimum Gasteiger partial charge on any atom is -0.378 e. The second-order valence-electron chi connectivity index (χ2n) is 6.10. The van der Waals surface area contributed by atoms with Gasteiger partial charge in [-0.15, -0.1) is 11.8 Å². The zero-order chi connectivity index (χ0) is 16.5. The first-order valence-corrected chi connectivity index (χ1v) is 9.08. The van der Waals surface area contributed by atoms with Crippen LogP contribution in [0.1, 0.15) is 39.1 Å². The number of ketones is 2. The first kappa shape index (κ1) is 15.2. The minimum absolute atomic E-state index is 0.0470. The molecule has 120 valence electrons. The van der Waals surface area contributed by atoms with E-state index in [2.05, 4.69) is 5.32 Å². The van der Waals surface area contributed by atoms with E-state index in [1.807, 2.05) is 36.4 Å². The third kappa shape index (κ3) is 2.89. The van der Waals surface area contributed by atoms with Crippen molar-refractivity contribution >= 4 is 23.3 Å². The highest BCUT2D eigenvalue weighted by atomic mass is 32.2. The molecule has 0 aliphatic heterocycles. The van der Waals surface area contributed by atoms with Gasteiger partial charge in [0.2, 0.25) is 11.6 Å². The lowest BCUT2D eigenvalue weighted by Gasteiger charge is -2.21. The average Bonchev–Trinajstić information content (AvgIpc) is 3.44. The molecular weight excluding hydrogens is 318 g/mol. The molecule has 0 atom stereocenters. The van der Waals surface area contributed by atoms with Crippen molar-refractivity contribution in [1.82, 2.24) is 5.32 Å². The Morgan fingerprint density at radius 2 is 1.50 bits per heavy atom. The van der Waals surface area contributed by atoms with Crippen molar-refractivity contribution in [2.75, 3.05) is 0 Å². The third-order valence-corrected chi connectivity index (χ3v) is 5.38. The van der Waals surface area contributed by atoms with E-state index in [9.17, 15) is 9.59 Å². The van der Waals surface area contributed by atoms with Gasteiger partial charge in [-0.05, 0) is 18.4 Å². The van der Waals surface area contributed by atoms with Gasteiger partial charge in [-0.1, -0.05) is 54.6 Å². The van der Waals surface area contributed by atoms with E-state index in [0.29, 0.717) is 33.5 Å². The molecule has 1 fully saturated rings. The predicted octanol–water partition coefficient (Wildman–Crippen LogP) is 3.96. The summed E-state index contributed by atoms with van der Waals surface area (Å²) in [7, 11) is 0. The molecule has 0 bridgehead atoms. The lowest BCUT2D eigenvalue weighted by Crippen LogP contribution is -2.30. The van der Waals surface area contributed by atoms with E-state index in [0.717, 1.165) is 18.4 Å². The number of thioether (sulfide) groups is 1. The van der Waals surface area contributed by atoms with Crippen LogP contribution in [-0.4, -0.2) is 17.6 Å². The topological polar surface area (TPSA) is 46.2 Å². The number of hydrogen-bond acceptors (Lipinski definition) is 4. The molecule has 4 rings (SSSR count). The number of allylic oxidation sites excluding steroid dienone is 2. The van der Waals surface area contributed by atoms with Crippen LogP contribution in [0, 0.1) is 0 Å². The molecule has 1 saturated carbocycles. The van der Waals surface area contributed by atoms with Crippen LogP contribution in [-0.2, 0) is 5.75 Å². The van der Waals surface area contributed by atoms with Crippen molar-refractivity contribution in [3.05, 3.63) is 81.9 Å². The molecule has 0 heterocycles. The van der Waals surface area contributed by atoms with Crippen molar-refractivity contribution in [3.63, 3.8) is 0 Å². The van der Waals surface area contributed by atoms with Gasteiger partial charge >= 0.3 is 0 Å². The normalized spacial score (nSPS) is 17.0. The van der Waals surface area contributed by atoms with Gasteiger partial charge < -0.3 is 5.32 Å². The summed E-state index contributed by atoms with van der Waals surface area (Å²) >= 11 is 1.45. The molecule has 1 N–H and O–H groups in total. The minimum atomic E-state index is -0.0624. The Hall–Kier alpha value is -2.33. The van der Waals surface area contributed by atoms with Gasteiger partial charge in [-0.3, -0.25) is 9.59 Å². The van der Waals surface area contributed by atoms with Gasteiger partial charge in [0.05, 0.1) is 4.91 Å². The summed E-state index contributed by atoms with van der Waals surface area (Å²) in [5.41, 5.74) is 2.65. The standard InChI is InChI=1S/C20H17NO2S/c22-18-15-8-4-5-9-16(15)19(23)20(17(18)21-14-10-11-14)24-12-13-6-2-1-3-7-13/h1-9,14,21H,10-12H2. The number of Topliss-reactive ketones (excluding diaryl/α,β-unsaturated/α-hetero) is 2. The Morgan fingerprint density at radius 1 is 0.875 bits per heavy atom. The summed E-state index contributed by atoms with van der Waals surface area (Å²) in [6, 6.07) is 17.4. The molecule has 0 radical (unpaired) electrons. The summed E-state index contributed by atoms with van der Waals surface area (Å²) in [4.78, 5) is 26.3. The van der Waals surface area contributed by atoms with Crippen molar-refractivity contribution in [3.8, 4) is 0 Å².